The fraction of sp³-hybridized carbons (Fsp3) is 0.571. The second kappa shape index (κ2) is 7.43. The smallest absolute Gasteiger partial charge is 0.270 e. The highest BCUT2D eigenvalue weighted by molar-refractivity contribution is 7.89. The van der Waals surface area contributed by atoms with Crippen molar-refractivity contribution < 1.29 is 13.3 Å². The highest BCUT2D eigenvalue weighted by Gasteiger charge is 2.21. The minimum atomic E-state index is -4.06. The zero-order valence-corrected chi connectivity index (χ0v) is 14.6. The van der Waals surface area contributed by atoms with Gasteiger partial charge in [-0.05, 0) is 20.0 Å². The molecule has 1 aromatic rings. The highest BCUT2D eigenvalue weighted by Crippen LogP contribution is 2.26. The molecular formula is C14H23N5O4S. The van der Waals surface area contributed by atoms with Crippen LogP contribution >= 0.6 is 0 Å². The Bertz CT molecular complexity index is 701. The molecule has 0 aromatic heterocycles. The first-order valence-corrected chi connectivity index (χ1v) is 9.20. The molecule has 0 bridgehead atoms. The van der Waals surface area contributed by atoms with Crippen molar-refractivity contribution in [2.75, 3.05) is 45.1 Å². The molecule has 0 amide bonds. The lowest BCUT2D eigenvalue weighted by molar-refractivity contribution is -0.385. The number of sulfonamides is 1. The second-order valence-electron chi connectivity index (χ2n) is 6.13. The first kappa shape index (κ1) is 18.6. The molecule has 10 heteroatoms. The molecule has 1 aromatic carbocycles. The molecule has 1 fully saturated rings. The van der Waals surface area contributed by atoms with Crippen molar-refractivity contribution in [1.82, 2.24) is 9.80 Å². The zero-order chi connectivity index (χ0) is 17.9. The lowest BCUT2D eigenvalue weighted by atomic mass is 10.2. The number of piperazine rings is 1. The van der Waals surface area contributed by atoms with Crippen LogP contribution in [-0.4, -0.2) is 69.0 Å². The quantitative estimate of drug-likeness (QED) is 0.554. The van der Waals surface area contributed by atoms with Crippen LogP contribution in [0.5, 0.6) is 0 Å². The lowest BCUT2D eigenvalue weighted by Gasteiger charge is -2.34. The van der Waals surface area contributed by atoms with Crippen LogP contribution in [0.1, 0.15) is 6.92 Å². The summed E-state index contributed by atoms with van der Waals surface area (Å²) in [6.45, 7) is 6.57. The Hall–Kier alpha value is -1.75. The number of anilines is 1. The first-order chi connectivity index (χ1) is 11.2. The predicted molar refractivity (Wildman–Crippen MR) is 91.5 cm³/mol. The van der Waals surface area contributed by atoms with Crippen LogP contribution in [-0.2, 0) is 10.0 Å². The number of hydrogen-bond donors (Lipinski definition) is 2. The standard InChI is InChI=1S/C14H23N5O4S/c1-11(10-18-7-5-17(2)6-8-18)16-13-4-3-12(19(20)21)9-14(13)24(15,22)23/h3-4,9,11,16H,5-8,10H2,1-2H3,(H2,15,22,23). The number of likely N-dealkylation sites (N-methyl/N-ethyl adjacent to an activating group) is 1. The SMILES string of the molecule is CC(CN1CCN(C)CC1)Nc1ccc([N+](=O)[O-])cc1S(N)(=O)=O. The zero-order valence-electron chi connectivity index (χ0n) is 13.8. The maximum Gasteiger partial charge on any atom is 0.270 e. The minimum absolute atomic E-state index is 0.0321. The number of nitro groups is 1. The van der Waals surface area contributed by atoms with Crippen LogP contribution in [0.25, 0.3) is 0 Å². The molecule has 24 heavy (non-hydrogen) atoms. The van der Waals surface area contributed by atoms with Gasteiger partial charge in [0.2, 0.25) is 10.0 Å². The second-order valence-corrected chi connectivity index (χ2v) is 7.66. The molecule has 0 spiro atoms. The number of nitrogens with two attached hydrogens (primary N) is 1. The van der Waals surface area contributed by atoms with Gasteiger partial charge >= 0.3 is 0 Å². The van der Waals surface area contributed by atoms with Gasteiger partial charge in [0.1, 0.15) is 4.90 Å². The van der Waals surface area contributed by atoms with Gasteiger partial charge in [0.05, 0.1) is 10.6 Å². The number of rotatable bonds is 6. The number of non-ortho nitro benzene ring substituents is 1. The highest BCUT2D eigenvalue weighted by atomic mass is 32.2. The fourth-order valence-electron chi connectivity index (χ4n) is 2.71. The van der Waals surface area contributed by atoms with Gasteiger partial charge in [-0.2, -0.15) is 0 Å². The van der Waals surface area contributed by atoms with E-state index in [2.05, 4.69) is 22.2 Å². The van der Waals surface area contributed by atoms with Gasteiger partial charge in [0.15, 0.2) is 0 Å². The molecule has 134 valence electrons. The van der Waals surface area contributed by atoms with Crippen molar-refractivity contribution in [3.63, 3.8) is 0 Å². The Morgan fingerprint density at radius 3 is 2.50 bits per heavy atom. The molecule has 1 saturated heterocycles. The van der Waals surface area contributed by atoms with E-state index in [4.69, 9.17) is 5.14 Å². The Kier molecular flexibility index (Phi) is 5.75. The van der Waals surface area contributed by atoms with Crippen molar-refractivity contribution in [2.45, 2.75) is 17.9 Å². The molecule has 2 rings (SSSR count). The molecule has 1 aliphatic heterocycles. The number of primary sulfonamides is 1. The predicted octanol–water partition coefficient (Wildman–Crippen LogP) is 0.290. The van der Waals surface area contributed by atoms with Gasteiger partial charge in [-0.1, -0.05) is 0 Å². The van der Waals surface area contributed by atoms with Crippen molar-refractivity contribution >= 4 is 21.4 Å². The van der Waals surface area contributed by atoms with E-state index in [0.717, 1.165) is 38.8 Å². The third-order valence-electron chi connectivity index (χ3n) is 4.01. The molecule has 1 heterocycles. The molecule has 1 unspecified atom stereocenters. The molecule has 0 radical (unpaired) electrons. The molecule has 0 saturated carbocycles. The number of benzene rings is 1. The lowest BCUT2D eigenvalue weighted by Crippen LogP contribution is -2.47. The molecule has 0 aliphatic carbocycles. The largest absolute Gasteiger partial charge is 0.380 e. The Morgan fingerprint density at radius 2 is 1.96 bits per heavy atom. The third kappa shape index (κ3) is 4.87. The van der Waals surface area contributed by atoms with Crippen LogP contribution < -0.4 is 10.5 Å². The van der Waals surface area contributed by atoms with Gasteiger partial charge < -0.3 is 10.2 Å². The van der Waals surface area contributed by atoms with E-state index in [1.807, 2.05) is 6.92 Å². The average Bonchev–Trinajstić information content (AvgIpc) is 2.48. The summed E-state index contributed by atoms with van der Waals surface area (Å²) in [4.78, 5) is 14.5. The van der Waals surface area contributed by atoms with Gasteiger partial charge in [0.25, 0.3) is 5.69 Å². The van der Waals surface area contributed by atoms with Crippen LogP contribution in [0.15, 0.2) is 23.1 Å². The summed E-state index contributed by atoms with van der Waals surface area (Å²) in [5, 5.41) is 19.1. The maximum absolute atomic E-state index is 11.7. The van der Waals surface area contributed by atoms with Crippen molar-refractivity contribution in [1.29, 1.82) is 0 Å². The monoisotopic (exact) mass is 357 g/mol. The number of hydrogen-bond acceptors (Lipinski definition) is 7. The van der Waals surface area contributed by atoms with Crippen LogP contribution in [0.4, 0.5) is 11.4 Å². The molecule has 1 atom stereocenters. The van der Waals surface area contributed by atoms with E-state index < -0.39 is 14.9 Å². The van der Waals surface area contributed by atoms with E-state index in [1.54, 1.807) is 0 Å². The summed E-state index contributed by atoms with van der Waals surface area (Å²) in [6, 6.07) is 3.61. The van der Waals surface area contributed by atoms with Crippen molar-refractivity contribution in [2.24, 2.45) is 5.14 Å². The Morgan fingerprint density at radius 1 is 1.33 bits per heavy atom. The molecule has 9 nitrogen and oxygen atoms in total. The first-order valence-electron chi connectivity index (χ1n) is 7.65. The van der Waals surface area contributed by atoms with E-state index in [0.29, 0.717) is 0 Å². The Labute approximate surface area is 141 Å². The molecular weight excluding hydrogens is 334 g/mol. The van der Waals surface area contributed by atoms with E-state index in [9.17, 15) is 18.5 Å². The van der Waals surface area contributed by atoms with Gasteiger partial charge in [-0.3, -0.25) is 15.0 Å². The number of nitrogens with zero attached hydrogens (tertiary/aromatic N) is 3. The third-order valence-corrected chi connectivity index (χ3v) is 4.96. The topological polar surface area (TPSA) is 122 Å². The number of nitrogens with one attached hydrogen (secondary N) is 1. The molecule has 1 aliphatic rings. The summed E-state index contributed by atoms with van der Waals surface area (Å²) < 4.78 is 23.5. The van der Waals surface area contributed by atoms with Crippen molar-refractivity contribution in [3.05, 3.63) is 28.3 Å². The summed E-state index contributed by atoms with van der Waals surface area (Å²) in [6.07, 6.45) is 0. The van der Waals surface area contributed by atoms with Crippen LogP contribution in [0.3, 0.4) is 0 Å². The minimum Gasteiger partial charge on any atom is -0.380 e. The Balaban J connectivity index is 2.12. The number of nitro benzene ring substituents is 1. The van der Waals surface area contributed by atoms with Gasteiger partial charge in [0, 0.05) is 50.9 Å². The van der Waals surface area contributed by atoms with E-state index in [1.165, 1.54) is 12.1 Å². The normalized spacial score (nSPS) is 18.3. The van der Waals surface area contributed by atoms with Crippen LogP contribution in [0, 0.1) is 10.1 Å². The summed E-state index contributed by atoms with van der Waals surface area (Å²) in [5.74, 6) is 0. The summed E-state index contributed by atoms with van der Waals surface area (Å²) >= 11 is 0. The molecule has 3 N–H and O–H groups in total. The van der Waals surface area contributed by atoms with Crippen molar-refractivity contribution in [3.8, 4) is 0 Å². The fourth-order valence-corrected chi connectivity index (χ4v) is 3.43. The van der Waals surface area contributed by atoms with Gasteiger partial charge in [-0.15, -0.1) is 0 Å². The maximum atomic E-state index is 11.7. The van der Waals surface area contributed by atoms with E-state index in [-0.39, 0.29) is 22.3 Å². The summed E-state index contributed by atoms with van der Waals surface area (Å²) in [5.41, 5.74) is -0.0268. The van der Waals surface area contributed by atoms with E-state index >= 15 is 0 Å². The average molecular weight is 357 g/mol. The summed E-state index contributed by atoms with van der Waals surface area (Å²) in [7, 11) is -1.99. The van der Waals surface area contributed by atoms with Crippen LogP contribution in [0.2, 0.25) is 0 Å². The van der Waals surface area contributed by atoms with Gasteiger partial charge in [-0.25, -0.2) is 13.6 Å².